The van der Waals surface area contributed by atoms with Gasteiger partial charge in [-0.05, 0) is 37.9 Å². The fourth-order valence-electron chi connectivity index (χ4n) is 2.39. The molecule has 0 bridgehead atoms. The van der Waals surface area contributed by atoms with Crippen LogP contribution in [0.25, 0.3) is 0 Å². The van der Waals surface area contributed by atoms with E-state index in [2.05, 4.69) is 5.32 Å². The van der Waals surface area contributed by atoms with E-state index in [4.69, 9.17) is 11.6 Å². The molecule has 0 amide bonds. The largest absolute Gasteiger partial charge is 0.310 e. The van der Waals surface area contributed by atoms with Crippen LogP contribution in [0.3, 0.4) is 0 Å². The first-order valence-corrected chi connectivity index (χ1v) is 6.23. The van der Waals surface area contributed by atoms with Crippen molar-refractivity contribution in [3.05, 3.63) is 34.3 Å². The second-order valence-corrected chi connectivity index (χ2v) is 4.77. The summed E-state index contributed by atoms with van der Waals surface area (Å²) in [6.45, 7) is 2.56. The van der Waals surface area contributed by atoms with E-state index in [1.807, 2.05) is 12.1 Å². The molecule has 1 fully saturated rings. The molecule has 2 unspecified atom stereocenters. The molecule has 1 nitrogen and oxygen atoms in total. The molecule has 2 rings (SSSR count). The maximum Gasteiger partial charge on any atom is 0.124 e. The Morgan fingerprint density at radius 2 is 2.25 bits per heavy atom. The van der Waals surface area contributed by atoms with Crippen molar-refractivity contribution >= 4 is 11.6 Å². The van der Waals surface area contributed by atoms with Crippen LogP contribution in [-0.4, -0.2) is 6.54 Å². The molecule has 1 aliphatic rings. The summed E-state index contributed by atoms with van der Waals surface area (Å²) in [7, 11) is 0. The Kier molecular flexibility index (Phi) is 3.82. The van der Waals surface area contributed by atoms with Crippen LogP contribution in [0.4, 0.5) is 4.39 Å². The highest BCUT2D eigenvalue weighted by Crippen LogP contribution is 2.35. The van der Waals surface area contributed by atoms with Crippen molar-refractivity contribution in [1.29, 1.82) is 0 Å². The number of halogens is 2. The van der Waals surface area contributed by atoms with Gasteiger partial charge in [0.1, 0.15) is 6.17 Å². The summed E-state index contributed by atoms with van der Waals surface area (Å²) in [6, 6.07) is 5.92. The second kappa shape index (κ2) is 5.15. The number of rotatable bonds is 2. The molecule has 3 heteroatoms. The Balaban J connectivity index is 2.34. The maximum absolute atomic E-state index is 13.6. The molecular weight excluding hydrogens is 225 g/mol. The fourth-order valence-corrected chi connectivity index (χ4v) is 2.73. The molecule has 1 saturated heterocycles. The topological polar surface area (TPSA) is 12.0 Å². The smallest absolute Gasteiger partial charge is 0.124 e. The van der Waals surface area contributed by atoms with Gasteiger partial charge in [0.05, 0.1) is 0 Å². The zero-order valence-electron chi connectivity index (χ0n) is 9.47. The number of benzene rings is 1. The molecule has 1 aromatic rings. The third-order valence-electron chi connectivity index (χ3n) is 3.17. The van der Waals surface area contributed by atoms with Crippen molar-refractivity contribution in [2.24, 2.45) is 0 Å². The highest BCUT2D eigenvalue weighted by Gasteiger charge is 2.21. The molecule has 2 atom stereocenters. The van der Waals surface area contributed by atoms with Gasteiger partial charge in [-0.15, -0.1) is 0 Å². The Morgan fingerprint density at radius 1 is 1.44 bits per heavy atom. The molecule has 1 aliphatic heterocycles. The van der Waals surface area contributed by atoms with E-state index >= 15 is 0 Å². The first-order chi connectivity index (χ1) is 7.70. The van der Waals surface area contributed by atoms with Gasteiger partial charge in [-0.1, -0.05) is 30.2 Å². The van der Waals surface area contributed by atoms with E-state index in [0.29, 0.717) is 10.6 Å². The van der Waals surface area contributed by atoms with Crippen molar-refractivity contribution in [3.8, 4) is 0 Å². The molecule has 0 spiro atoms. The van der Waals surface area contributed by atoms with Gasteiger partial charge in [-0.2, -0.15) is 0 Å². The number of nitrogens with one attached hydrogen (secondary N) is 1. The lowest BCUT2D eigenvalue weighted by atomic mass is 9.92. The quantitative estimate of drug-likeness (QED) is 0.819. The van der Waals surface area contributed by atoms with Crippen molar-refractivity contribution in [2.45, 2.75) is 38.4 Å². The highest BCUT2D eigenvalue weighted by molar-refractivity contribution is 6.31. The van der Waals surface area contributed by atoms with Crippen LogP contribution >= 0.6 is 11.6 Å². The van der Waals surface area contributed by atoms with E-state index in [1.165, 1.54) is 12.8 Å². The molecule has 1 heterocycles. The van der Waals surface area contributed by atoms with Crippen LogP contribution in [-0.2, 0) is 0 Å². The molecule has 0 saturated carbocycles. The Morgan fingerprint density at radius 3 is 2.88 bits per heavy atom. The predicted octanol–water partition coefficient (Wildman–Crippen LogP) is 4.19. The number of hydrogen-bond acceptors (Lipinski definition) is 1. The normalized spacial score (nSPS) is 23.1. The van der Waals surface area contributed by atoms with E-state index in [-0.39, 0.29) is 6.04 Å². The summed E-state index contributed by atoms with van der Waals surface area (Å²) in [5.41, 5.74) is 1.69. The van der Waals surface area contributed by atoms with Gasteiger partial charge in [0.25, 0.3) is 0 Å². The first kappa shape index (κ1) is 11.9. The summed E-state index contributed by atoms with van der Waals surface area (Å²) in [6.07, 6.45) is 2.47. The van der Waals surface area contributed by atoms with E-state index in [0.717, 1.165) is 18.5 Å². The Bertz CT molecular complexity index is 359. The first-order valence-electron chi connectivity index (χ1n) is 5.86. The van der Waals surface area contributed by atoms with E-state index in [9.17, 15) is 4.39 Å². The molecule has 16 heavy (non-hydrogen) atoms. The van der Waals surface area contributed by atoms with Crippen molar-refractivity contribution in [1.82, 2.24) is 5.32 Å². The summed E-state index contributed by atoms with van der Waals surface area (Å²) < 4.78 is 13.6. The van der Waals surface area contributed by atoms with Gasteiger partial charge in [-0.25, -0.2) is 4.39 Å². The zero-order chi connectivity index (χ0) is 11.5. The molecule has 0 radical (unpaired) electrons. The Labute approximate surface area is 101 Å². The number of alkyl halides is 1. The number of piperidine rings is 1. The van der Waals surface area contributed by atoms with Gasteiger partial charge in [0.15, 0.2) is 0 Å². The fraction of sp³-hybridized carbons (Fsp3) is 0.538. The van der Waals surface area contributed by atoms with Crippen LogP contribution in [0.15, 0.2) is 18.2 Å². The average molecular weight is 242 g/mol. The standard InChI is InChI=1S/C13H17ClFN/c1-9(15)13-10(5-4-6-11(13)14)12-7-2-3-8-16-12/h4-6,9,12,16H,2-3,7-8H2,1H3. The molecule has 0 aromatic heterocycles. The lowest BCUT2D eigenvalue weighted by molar-refractivity contribution is 0.358. The minimum absolute atomic E-state index is 0.264. The van der Waals surface area contributed by atoms with Gasteiger partial charge < -0.3 is 5.32 Å². The minimum atomic E-state index is -1.01. The van der Waals surface area contributed by atoms with Gasteiger partial charge in [0.2, 0.25) is 0 Å². The lowest BCUT2D eigenvalue weighted by Gasteiger charge is -2.26. The van der Waals surface area contributed by atoms with Crippen LogP contribution < -0.4 is 5.32 Å². The van der Waals surface area contributed by atoms with Crippen LogP contribution in [0.1, 0.15) is 49.5 Å². The zero-order valence-corrected chi connectivity index (χ0v) is 10.2. The maximum atomic E-state index is 13.6. The third kappa shape index (κ3) is 2.38. The minimum Gasteiger partial charge on any atom is -0.310 e. The summed E-state index contributed by atoms with van der Waals surface area (Å²) >= 11 is 6.08. The monoisotopic (exact) mass is 241 g/mol. The SMILES string of the molecule is CC(F)c1c(Cl)cccc1C1CCCCN1. The third-order valence-corrected chi connectivity index (χ3v) is 3.50. The summed E-state index contributed by atoms with van der Waals surface area (Å²) in [4.78, 5) is 0. The molecular formula is C13H17ClFN. The second-order valence-electron chi connectivity index (χ2n) is 4.36. The Hall–Kier alpha value is -0.600. The number of hydrogen-bond donors (Lipinski definition) is 1. The predicted molar refractivity (Wildman–Crippen MR) is 65.6 cm³/mol. The molecule has 0 aliphatic carbocycles. The molecule has 88 valence electrons. The van der Waals surface area contributed by atoms with Crippen LogP contribution in [0, 0.1) is 0 Å². The van der Waals surface area contributed by atoms with Crippen molar-refractivity contribution < 1.29 is 4.39 Å². The summed E-state index contributed by atoms with van der Waals surface area (Å²) in [5.74, 6) is 0. The van der Waals surface area contributed by atoms with Gasteiger partial charge >= 0.3 is 0 Å². The van der Waals surface area contributed by atoms with E-state index in [1.54, 1.807) is 13.0 Å². The summed E-state index contributed by atoms with van der Waals surface area (Å²) in [5, 5.41) is 3.97. The molecule has 1 aromatic carbocycles. The average Bonchev–Trinajstić information content (AvgIpc) is 2.29. The molecule has 1 N–H and O–H groups in total. The lowest BCUT2D eigenvalue weighted by Crippen LogP contribution is -2.27. The van der Waals surface area contributed by atoms with Crippen LogP contribution in [0.2, 0.25) is 5.02 Å². The highest BCUT2D eigenvalue weighted by atomic mass is 35.5. The van der Waals surface area contributed by atoms with Gasteiger partial charge in [-0.3, -0.25) is 0 Å². The van der Waals surface area contributed by atoms with Crippen molar-refractivity contribution in [2.75, 3.05) is 6.54 Å². The van der Waals surface area contributed by atoms with Crippen molar-refractivity contribution in [3.63, 3.8) is 0 Å². The van der Waals surface area contributed by atoms with E-state index < -0.39 is 6.17 Å². The van der Waals surface area contributed by atoms with Gasteiger partial charge in [0, 0.05) is 16.6 Å². The van der Waals surface area contributed by atoms with Crippen LogP contribution in [0.5, 0.6) is 0 Å².